The molecule has 2 aromatic rings. The molecule has 3 rings (SSSR count). The van der Waals surface area contributed by atoms with Gasteiger partial charge in [-0.2, -0.15) is 0 Å². The molecule has 1 N–H and O–H groups in total. The first-order valence-electron chi connectivity index (χ1n) is 7.87. The summed E-state index contributed by atoms with van der Waals surface area (Å²) in [6.07, 6.45) is 1.73. The molecule has 7 heteroatoms. The number of rotatable bonds is 4. The Balaban J connectivity index is 1.75. The quantitative estimate of drug-likeness (QED) is 0.492. The number of thiocarbonyl (C=S) groups is 1. The molecule has 0 saturated carbocycles. The average molecular weight is 423 g/mol. The highest BCUT2D eigenvalue weighted by Crippen LogP contribution is 2.35. The Labute approximate surface area is 172 Å². The highest BCUT2D eigenvalue weighted by atomic mass is 35.5. The summed E-state index contributed by atoms with van der Waals surface area (Å²) >= 11 is 18.9. The van der Waals surface area contributed by atoms with Crippen LogP contribution in [0.25, 0.3) is 6.08 Å². The monoisotopic (exact) mass is 422 g/mol. The Morgan fingerprint density at radius 1 is 1.19 bits per heavy atom. The third-order valence-corrected chi connectivity index (χ3v) is 6.30. The minimum absolute atomic E-state index is 0.146. The normalized spacial score (nSPS) is 15.8. The van der Waals surface area contributed by atoms with Gasteiger partial charge in [-0.15, -0.1) is 0 Å². The molecule has 134 valence electrons. The number of nitrogens with zero attached hydrogens (tertiary/aromatic N) is 1. The third kappa shape index (κ3) is 4.07. The van der Waals surface area contributed by atoms with E-state index in [1.54, 1.807) is 23.1 Å². The molecule has 26 heavy (non-hydrogen) atoms. The Morgan fingerprint density at radius 3 is 2.69 bits per heavy atom. The maximum absolute atomic E-state index is 12.7. The second-order valence-electron chi connectivity index (χ2n) is 5.89. The number of carbonyl (C=O) groups excluding carboxylic acids is 1. The summed E-state index contributed by atoms with van der Waals surface area (Å²) in [5.74, 6) is -0.146. The van der Waals surface area contributed by atoms with Gasteiger partial charge in [0, 0.05) is 5.69 Å². The standard InChI is InChI=1S/C19H16Cl2N2OS2/c1-11-6-7-14(8-12(11)2)22-10-23-18(24)16(26-19(23)25)9-13-4-3-5-15(20)17(13)21/h3-9,22H,10H2,1-2H3/b16-9+. The van der Waals surface area contributed by atoms with Gasteiger partial charge in [-0.05, 0) is 54.8 Å². The first kappa shape index (κ1) is 19.2. The fourth-order valence-corrected chi connectivity index (χ4v) is 4.04. The van der Waals surface area contributed by atoms with Crippen LogP contribution in [0.1, 0.15) is 16.7 Å². The van der Waals surface area contributed by atoms with Gasteiger partial charge in [0.05, 0.1) is 21.6 Å². The summed E-state index contributed by atoms with van der Waals surface area (Å²) in [6, 6.07) is 11.4. The Morgan fingerprint density at radius 2 is 1.96 bits per heavy atom. The average Bonchev–Trinajstić information content (AvgIpc) is 2.87. The Hall–Kier alpha value is -1.53. The van der Waals surface area contributed by atoms with Crippen molar-refractivity contribution in [2.24, 2.45) is 0 Å². The molecule has 0 radical (unpaired) electrons. The maximum atomic E-state index is 12.7. The molecular formula is C19H16Cl2N2OS2. The van der Waals surface area contributed by atoms with Gasteiger partial charge in [0.25, 0.3) is 5.91 Å². The summed E-state index contributed by atoms with van der Waals surface area (Å²) in [7, 11) is 0. The number of anilines is 1. The highest BCUT2D eigenvalue weighted by molar-refractivity contribution is 8.26. The predicted octanol–water partition coefficient (Wildman–Crippen LogP) is 5.88. The van der Waals surface area contributed by atoms with Gasteiger partial charge in [-0.25, -0.2) is 0 Å². The van der Waals surface area contributed by atoms with E-state index < -0.39 is 0 Å². The van der Waals surface area contributed by atoms with Gasteiger partial charge in [0.1, 0.15) is 4.32 Å². The van der Waals surface area contributed by atoms with Crippen LogP contribution in [0.2, 0.25) is 10.0 Å². The zero-order chi connectivity index (χ0) is 18.8. The van der Waals surface area contributed by atoms with E-state index in [0.29, 0.717) is 31.5 Å². The highest BCUT2D eigenvalue weighted by Gasteiger charge is 2.32. The molecule has 1 amide bonds. The molecule has 0 atom stereocenters. The molecule has 1 aliphatic rings. The van der Waals surface area contributed by atoms with Gasteiger partial charge in [-0.3, -0.25) is 9.69 Å². The number of aryl methyl sites for hydroxylation is 2. The van der Waals surface area contributed by atoms with Crippen molar-refractivity contribution in [1.29, 1.82) is 0 Å². The topological polar surface area (TPSA) is 32.3 Å². The van der Waals surface area contributed by atoms with Crippen LogP contribution >= 0.6 is 47.2 Å². The number of halogens is 2. The van der Waals surface area contributed by atoms with Gasteiger partial charge < -0.3 is 5.32 Å². The Bertz CT molecular complexity index is 928. The second kappa shape index (κ2) is 8.01. The van der Waals surface area contributed by atoms with Gasteiger partial charge >= 0.3 is 0 Å². The van der Waals surface area contributed by atoms with Crippen LogP contribution in [-0.4, -0.2) is 21.8 Å². The lowest BCUT2D eigenvalue weighted by Crippen LogP contribution is -2.33. The second-order valence-corrected chi connectivity index (χ2v) is 8.35. The van der Waals surface area contributed by atoms with Crippen molar-refractivity contribution in [1.82, 2.24) is 4.90 Å². The predicted molar refractivity (Wildman–Crippen MR) is 116 cm³/mol. The summed E-state index contributed by atoms with van der Waals surface area (Å²) in [6.45, 7) is 4.43. The number of nitrogens with one attached hydrogen (secondary N) is 1. The van der Waals surface area contributed by atoms with Gasteiger partial charge in [0.2, 0.25) is 0 Å². The SMILES string of the molecule is Cc1ccc(NCN2C(=O)/C(=C\c3cccc(Cl)c3Cl)SC2=S)cc1C. The molecule has 1 saturated heterocycles. The molecule has 1 fully saturated rings. The molecule has 3 nitrogen and oxygen atoms in total. The van der Waals surface area contributed by atoms with Crippen molar-refractivity contribution in [2.75, 3.05) is 12.0 Å². The zero-order valence-electron chi connectivity index (χ0n) is 14.2. The largest absolute Gasteiger partial charge is 0.367 e. The maximum Gasteiger partial charge on any atom is 0.267 e. The summed E-state index contributed by atoms with van der Waals surface area (Å²) in [5.41, 5.74) is 4.06. The van der Waals surface area contributed by atoms with Crippen LogP contribution in [-0.2, 0) is 4.79 Å². The van der Waals surface area contributed by atoms with Gasteiger partial charge in [0.15, 0.2) is 0 Å². The Kier molecular flexibility index (Phi) is 5.92. The summed E-state index contributed by atoms with van der Waals surface area (Å²) in [5, 5.41) is 4.13. The van der Waals surface area contributed by atoms with Crippen molar-refractivity contribution in [3.8, 4) is 0 Å². The van der Waals surface area contributed by atoms with E-state index in [0.717, 1.165) is 5.69 Å². The van der Waals surface area contributed by atoms with Crippen LogP contribution in [0.3, 0.4) is 0 Å². The number of thioether (sulfide) groups is 1. The summed E-state index contributed by atoms with van der Waals surface area (Å²) in [4.78, 5) is 14.8. The molecule has 0 spiro atoms. The van der Waals surface area contributed by atoms with Gasteiger partial charge in [-0.1, -0.05) is 65.4 Å². The third-order valence-electron chi connectivity index (χ3n) is 4.09. The van der Waals surface area contributed by atoms with Crippen LogP contribution < -0.4 is 5.32 Å². The molecule has 0 aromatic heterocycles. The minimum Gasteiger partial charge on any atom is -0.367 e. The number of carbonyl (C=O) groups is 1. The van der Waals surface area contributed by atoms with Crippen molar-refractivity contribution in [3.63, 3.8) is 0 Å². The molecule has 1 aliphatic heterocycles. The van der Waals surface area contributed by atoms with E-state index in [2.05, 4.69) is 25.2 Å². The molecule has 0 aliphatic carbocycles. The lowest BCUT2D eigenvalue weighted by molar-refractivity contribution is -0.121. The fourth-order valence-electron chi connectivity index (χ4n) is 2.43. The van der Waals surface area contributed by atoms with Crippen molar-refractivity contribution in [2.45, 2.75) is 13.8 Å². The molecule has 0 unspecified atom stereocenters. The number of hydrogen-bond donors (Lipinski definition) is 1. The summed E-state index contributed by atoms with van der Waals surface area (Å²) < 4.78 is 0.510. The smallest absolute Gasteiger partial charge is 0.267 e. The lowest BCUT2D eigenvalue weighted by atomic mass is 10.1. The minimum atomic E-state index is -0.146. The van der Waals surface area contributed by atoms with E-state index in [-0.39, 0.29) is 5.91 Å². The first-order valence-corrected chi connectivity index (χ1v) is 9.85. The molecule has 0 bridgehead atoms. The van der Waals surface area contributed by atoms with E-state index >= 15 is 0 Å². The molecule has 2 aromatic carbocycles. The van der Waals surface area contributed by atoms with Crippen LogP contribution in [0, 0.1) is 13.8 Å². The van der Waals surface area contributed by atoms with E-state index in [1.165, 1.54) is 22.9 Å². The van der Waals surface area contributed by atoms with Crippen LogP contribution in [0.15, 0.2) is 41.3 Å². The number of amides is 1. The lowest BCUT2D eigenvalue weighted by Gasteiger charge is -2.16. The molecular weight excluding hydrogens is 407 g/mol. The van der Waals surface area contributed by atoms with Crippen molar-refractivity contribution >= 4 is 69.2 Å². The number of hydrogen-bond acceptors (Lipinski definition) is 4. The first-order chi connectivity index (χ1) is 12.4. The van der Waals surface area contributed by atoms with E-state index in [4.69, 9.17) is 35.4 Å². The number of benzene rings is 2. The van der Waals surface area contributed by atoms with Crippen molar-refractivity contribution < 1.29 is 4.79 Å². The molecule has 1 heterocycles. The van der Waals surface area contributed by atoms with Crippen LogP contribution in [0.4, 0.5) is 5.69 Å². The van der Waals surface area contributed by atoms with E-state index in [1.807, 2.05) is 18.2 Å². The van der Waals surface area contributed by atoms with Crippen LogP contribution in [0.5, 0.6) is 0 Å². The van der Waals surface area contributed by atoms with Crippen molar-refractivity contribution in [3.05, 3.63) is 68.0 Å². The zero-order valence-corrected chi connectivity index (χ0v) is 17.3. The van der Waals surface area contributed by atoms with E-state index in [9.17, 15) is 4.79 Å². The fraction of sp³-hybridized carbons (Fsp3) is 0.158.